The summed E-state index contributed by atoms with van der Waals surface area (Å²) >= 11 is 16.9. The fourth-order valence-corrected chi connectivity index (χ4v) is 8.86. The first-order valence-electron chi connectivity index (χ1n) is 17.2. The van der Waals surface area contributed by atoms with E-state index in [1.165, 1.54) is 0 Å². The van der Waals surface area contributed by atoms with Gasteiger partial charge in [-0.2, -0.15) is 5.10 Å². The van der Waals surface area contributed by atoms with Crippen molar-refractivity contribution in [3.05, 3.63) is 102 Å². The van der Waals surface area contributed by atoms with Crippen molar-refractivity contribution in [2.45, 2.75) is 60.0 Å². The van der Waals surface area contributed by atoms with Gasteiger partial charge in [-0.1, -0.05) is 35.3 Å². The second-order valence-corrected chi connectivity index (χ2v) is 15.5. The number of fused-ring (bicyclic) bond motifs is 4. The lowest BCUT2D eigenvalue weighted by Crippen LogP contribution is -2.42. The number of aromatic nitrogens is 4. The maximum Gasteiger partial charge on any atom is 0.339 e. The Kier molecular flexibility index (Phi) is 9.46. The first-order valence-corrected chi connectivity index (χ1v) is 18.8. The van der Waals surface area contributed by atoms with Crippen LogP contribution >= 0.6 is 39.1 Å². The molecule has 0 fully saturated rings. The van der Waals surface area contributed by atoms with Crippen molar-refractivity contribution >= 4 is 72.8 Å². The molecule has 6 aromatic rings. The van der Waals surface area contributed by atoms with Crippen LogP contribution in [0, 0.1) is 27.7 Å². The quantitative estimate of drug-likeness (QED) is 0.147. The number of halogens is 3. The molecule has 270 valence electrons. The number of rotatable bonds is 9. The predicted molar refractivity (Wildman–Crippen MR) is 210 cm³/mol. The van der Waals surface area contributed by atoms with Crippen LogP contribution in [0.4, 0.5) is 0 Å². The van der Waals surface area contributed by atoms with Gasteiger partial charge in [0.1, 0.15) is 16.0 Å². The Bertz CT molecular complexity index is 2440. The average Bonchev–Trinajstić information content (AvgIpc) is 3.65. The van der Waals surface area contributed by atoms with Crippen LogP contribution in [0.5, 0.6) is 5.75 Å². The Morgan fingerprint density at radius 2 is 1.73 bits per heavy atom. The Morgan fingerprint density at radius 3 is 2.38 bits per heavy atom. The zero-order valence-corrected chi connectivity index (χ0v) is 33.3. The third-order valence-electron chi connectivity index (χ3n) is 10.4. The molecular formula is C40H40BrCl2N5O4. The summed E-state index contributed by atoms with van der Waals surface area (Å²) in [6.45, 7) is 11.4. The number of aryl methyl sites for hydroxylation is 6. The molecule has 1 N–H and O–H groups in total. The minimum atomic E-state index is -1.01. The standard InChI is InChI=1S/C40H40BrCl2N5O4/c1-20-15-26(16-21(2)35(20)43)52-14-8-9-27-28-11-12-30(42)34(32-23(4)44-46(7)24(32)5)36(28)48-22(3)18-47(39(49)37(27)48)19-25-10-13-31-29(17-25)33(40(50)51)38(41)45(31)6/h10-13,15-17,22H,8-9,14,18-19H2,1-7H3,(H,50,51)/t22-/m1/s1. The third kappa shape index (κ3) is 5.89. The molecule has 3 aromatic carbocycles. The Hall–Kier alpha value is -4.25. The van der Waals surface area contributed by atoms with Crippen molar-refractivity contribution in [3.63, 3.8) is 0 Å². The zero-order chi connectivity index (χ0) is 37.3. The Balaban J connectivity index is 1.31. The van der Waals surface area contributed by atoms with E-state index >= 15 is 0 Å². The zero-order valence-electron chi connectivity index (χ0n) is 30.2. The van der Waals surface area contributed by atoms with Gasteiger partial charge in [-0.25, -0.2) is 4.79 Å². The van der Waals surface area contributed by atoms with Gasteiger partial charge < -0.3 is 23.9 Å². The van der Waals surface area contributed by atoms with E-state index in [1.54, 1.807) is 0 Å². The van der Waals surface area contributed by atoms with Gasteiger partial charge in [0.25, 0.3) is 5.91 Å². The first kappa shape index (κ1) is 36.1. The second-order valence-electron chi connectivity index (χ2n) is 13.9. The predicted octanol–water partition coefficient (Wildman–Crippen LogP) is 9.76. The van der Waals surface area contributed by atoms with E-state index < -0.39 is 5.97 Å². The number of carbonyl (C=O) groups is 2. The van der Waals surface area contributed by atoms with E-state index in [9.17, 15) is 14.7 Å². The summed E-state index contributed by atoms with van der Waals surface area (Å²) in [5, 5.41) is 17.6. The molecule has 3 aromatic heterocycles. The van der Waals surface area contributed by atoms with Crippen molar-refractivity contribution < 1.29 is 19.4 Å². The number of carboxylic acid groups (broad SMARTS) is 1. The SMILES string of the molecule is Cc1cc(OCCCc2c3n(c4c(-c5c(C)nn(C)c5C)c(Cl)ccc24)[C@H](C)CN(Cc2ccc4c(c2)c(C(=O)O)c(Br)n4C)C3=O)cc(C)c1Cl. The van der Waals surface area contributed by atoms with E-state index in [4.69, 9.17) is 33.0 Å². The van der Waals surface area contributed by atoms with Gasteiger partial charge in [0.05, 0.1) is 28.4 Å². The van der Waals surface area contributed by atoms with Crippen molar-refractivity contribution in [1.29, 1.82) is 0 Å². The van der Waals surface area contributed by atoms with Gasteiger partial charge in [0.15, 0.2) is 0 Å². The highest BCUT2D eigenvalue weighted by Gasteiger charge is 2.36. The van der Waals surface area contributed by atoms with Gasteiger partial charge in [-0.05, 0) is 116 Å². The molecular weight excluding hydrogens is 765 g/mol. The van der Waals surface area contributed by atoms with Gasteiger partial charge in [0, 0.05) is 71.4 Å². The highest BCUT2D eigenvalue weighted by Crippen LogP contribution is 2.45. The molecule has 12 heteroatoms. The van der Waals surface area contributed by atoms with Crippen LogP contribution in [0.15, 0.2) is 47.1 Å². The maximum absolute atomic E-state index is 14.8. The summed E-state index contributed by atoms with van der Waals surface area (Å²) < 4.78 is 12.6. The number of ether oxygens (including phenoxy) is 1. The number of carbonyl (C=O) groups excluding carboxylic acids is 1. The number of carboxylic acids is 1. The van der Waals surface area contributed by atoms with Crippen LogP contribution in [0.3, 0.4) is 0 Å². The van der Waals surface area contributed by atoms with Crippen LogP contribution < -0.4 is 4.74 Å². The van der Waals surface area contributed by atoms with E-state index in [-0.39, 0.29) is 17.5 Å². The smallest absolute Gasteiger partial charge is 0.339 e. The highest BCUT2D eigenvalue weighted by molar-refractivity contribution is 9.10. The lowest BCUT2D eigenvalue weighted by molar-refractivity contribution is 0.0661. The molecule has 0 spiro atoms. The molecule has 0 bridgehead atoms. The molecule has 1 amide bonds. The molecule has 0 aliphatic carbocycles. The molecule has 0 saturated carbocycles. The molecule has 1 aliphatic heterocycles. The molecule has 1 atom stereocenters. The minimum Gasteiger partial charge on any atom is -0.494 e. The summed E-state index contributed by atoms with van der Waals surface area (Å²) in [5.41, 5.74) is 10.0. The Morgan fingerprint density at radius 1 is 1.02 bits per heavy atom. The summed E-state index contributed by atoms with van der Waals surface area (Å²) in [6, 6.07) is 13.5. The molecule has 0 unspecified atom stereocenters. The van der Waals surface area contributed by atoms with Gasteiger partial charge in [-0.15, -0.1) is 0 Å². The molecule has 4 heterocycles. The fraction of sp³-hybridized carbons (Fsp3) is 0.325. The molecule has 0 radical (unpaired) electrons. The van der Waals surface area contributed by atoms with Crippen molar-refractivity contribution in [3.8, 4) is 16.9 Å². The largest absolute Gasteiger partial charge is 0.494 e. The molecule has 0 saturated heterocycles. The number of amides is 1. The lowest BCUT2D eigenvalue weighted by Gasteiger charge is -2.34. The van der Waals surface area contributed by atoms with Crippen LogP contribution in [0.1, 0.15) is 73.9 Å². The fourth-order valence-electron chi connectivity index (χ4n) is 7.93. The second kappa shape index (κ2) is 13.6. The normalized spacial score (nSPS) is 14.5. The summed E-state index contributed by atoms with van der Waals surface area (Å²) in [4.78, 5) is 28.9. The first-order chi connectivity index (χ1) is 24.7. The average molecular weight is 806 g/mol. The summed E-state index contributed by atoms with van der Waals surface area (Å²) in [7, 11) is 3.75. The van der Waals surface area contributed by atoms with Gasteiger partial charge in [0.2, 0.25) is 0 Å². The summed E-state index contributed by atoms with van der Waals surface area (Å²) in [5.74, 6) is -0.321. The monoisotopic (exact) mass is 803 g/mol. The molecule has 7 rings (SSSR count). The third-order valence-corrected chi connectivity index (χ3v) is 12.3. The number of benzene rings is 3. The van der Waals surface area contributed by atoms with Crippen LogP contribution in [0.2, 0.25) is 10.0 Å². The lowest BCUT2D eigenvalue weighted by atomic mass is 9.98. The van der Waals surface area contributed by atoms with E-state index in [2.05, 4.69) is 27.4 Å². The molecule has 52 heavy (non-hydrogen) atoms. The number of aromatic carboxylic acids is 1. The van der Waals surface area contributed by atoms with Gasteiger partial charge in [-0.3, -0.25) is 9.48 Å². The molecule has 1 aliphatic rings. The van der Waals surface area contributed by atoms with Crippen molar-refractivity contribution in [1.82, 2.24) is 23.8 Å². The Labute approximate surface area is 320 Å². The highest BCUT2D eigenvalue weighted by atomic mass is 79.9. The minimum absolute atomic E-state index is 0.0799. The van der Waals surface area contributed by atoms with Crippen LogP contribution in [-0.2, 0) is 27.1 Å². The van der Waals surface area contributed by atoms with E-state index in [0.717, 1.165) is 72.0 Å². The van der Waals surface area contributed by atoms with Crippen molar-refractivity contribution in [2.75, 3.05) is 13.2 Å². The number of hydrogen-bond donors (Lipinski definition) is 1. The maximum atomic E-state index is 14.8. The van der Waals surface area contributed by atoms with Crippen molar-refractivity contribution in [2.24, 2.45) is 14.1 Å². The summed E-state index contributed by atoms with van der Waals surface area (Å²) in [6.07, 6.45) is 1.28. The van der Waals surface area contributed by atoms with Crippen LogP contribution in [-0.4, -0.2) is 53.9 Å². The molecule has 9 nitrogen and oxygen atoms in total. The van der Waals surface area contributed by atoms with Crippen LogP contribution in [0.25, 0.3) is 32.9 Å². The van der Waals surface area contributed by atoms with E-state index in [0.29, 0.717) is 53.2 Å². The van der Waals surface area contributed by atoms with Gasteiger partial charge >= 0.3 is 5.97 Å². The topological polar surface area (TPSA) is 94.5 Å². The number of hydrogen-bond acceptors (Lipinski definition) is 4. The van der Waals surface area contributed by atoms with E-state index in [1.807, 2.05) is 98.4 Å². The number of nitrogens with zero attached hydrogens (tertiary/aromatic N) is 5.